The summed E-state index contributed by atoms with van der Waals surface area (Å²) in [5, 5.41) is 13.4. The van der Waals surface area contributed by atoms with E-state index in [1.54, 1.807) is 13.1 Å². The number of nitrogen functional groups attached to an aromatic ring is 1. The van der Waals surface area contributed by atoms with Crippen molar-refractivity contribution in [2.24, 2.45) is 0 Å². The Labute approximate surface area is 117 Å². The smallest absolute Gasteiger partial charge is 0.292 e. The second kappa shape index (κ2) is 7.44. The van der Waals surface area contributed by atoms with Crippen molar-refractivity contribution in [1.82, 2.24) is 10.2 Å². The standard InChI is InChI=1S/C13H20N4O3/c1-3-6-16(9-13(18)15-2)8-10-4-5-11(14)12(7-10)17(19)20/h4-5,7H,3,6,8-9,14H2,1-2H3,(H,15,18). The van der Waals surface area contributed by atoms with E-state index in [-0.39, 0.29) is 23.8 Å². The van der Waals surface area contributed by atoms with Crippen LogP contribution in [-0.2, 0) is 11.3 Å². The molecule has 20 heavy (non-hydrogen) atoms. The van der Waals surface area contributed by atoms with Crippen molar-refractivity contribution in [2.45, 2.75) is 19.9 Å². The second-order valence-corrected chi connectivity index (χ2v) is 4.53. The van der Waals surface area contributed by atoms with Crippen molar-refractivity contribution in [3.63, 3.8) is 0 Å². The van der Waals surface area contributed by atoms with E-state index in [0.717, 1.165) is 18.5 Å². The van der Waals surface area contributed by atoms with Crippen molar-refractivity contribution in [3.05, 3.63) is 33.9 Å². The molecule has 0 aliphatic carbocycles. The molecule has 7 heteroatoms. The van der Waals surface area contributed by atoms with Crippen LogP contribution in [0.4, 0.5) is 11.4 Å². The van der Waals surface area contributed by atoms with Crippen LogP contribution in [0.5, 0.6) is 0 Å². The topological polar surface area (TPSA) is 102 Å². The van der Waals surface area contributed by atoms with E-state index in [9.17, 15) is 14.9 Å². The van der Waals surface area contributed by atoms with Gasteiger partial charge in [0.2, 0.25) is 5.91 Å². The number of hydrogen-bond donors (Lipinski definition) is 2. The van der Waals surface area contributed by atoms with Crippen LogP contribution in [-0.4, -0.2) is 35.9 Å². The Bertz CT molecular complexity index is 491. The molecule has 0 bridgehead atoms. The lowest BCUT2D eigenvalue weighted by molar-refractivity contribution is -0.384. The fraction of sp³-hybridized carbons (Fsp3) is 0.462. The molecule has 0 aromatic heterocycles. The summed E-state index contributed by atoms with van der Waals surface area (Å²) >= 11 is 0. The normalized spacial score (nSPS) is 10.6. The van der Waals surface area contributed by atoms with Gasteiger partial charge in [0.1, 0.15) is 5.69 Å². The van der Waals surface area contributed by atoms with Gasteiger partial charge >= 0.3 is 0 Å². The van der Waals surface area contributed by atoms with Gasteiger partial charge in [0, 0.05) is 19.7 Å². The minimum atomic E-state index is -0.498. The third-order valence-electron chi connectivity index (χ3n) is 2.88. The van der Waals surface area contributed by atoms with Gasteiger partial charge in [-0.05, 0) is 24.6 Å². The van der Waals surface area contributed by atoms with Crippen LogP contribution in [0, 0.1) is 10.1 Å². The number of rotatable bonds is 7. The number of benzene rings is 1. The molecule has 0 spiro atoms. The van der Waals surface area contributed by atoms with Crippen LogP contribution < -0.4 is 11.1 Å². The summed E-state index contributed by atoms with van der Waals surface area (Å²) in [6.07, 6.45) is 0.897. The maximum Gasteiger partial charge on any atom is 0.292 e. The molecule has 0 fully saturated rings. The van der Waals surface area contributed by atoms with Crippen molar-refractivity contribution < 1.29 is 9.72 Å². The molecule has 0 unspecified atom stereocenters. The highest BCUT2D eigenvalue weighted by atomic mass is 16.6. The molecule has 1 rings (SSSR count). The van der Waals surface area contributed by atoms with Gasteiger partial charge in [-0.2, -0.15) is 0 Å². The molecule has 0 atom stereocenters. The Balaban J connectivity index is 2.85. The largest absolute Gasteiger partial charge is 0.393 e. The summed E-state index contributed by atoms with van der Waals surface area (Å²) in [7, 11) is 1.58. The molecule has 3 N–H and O–H groups in total. The van der Waals surface area contributed by atoms with Gasteiger partial charge in [0.25, 0.3) is 5.69 Å². The first-order chi connectivity index (χ1) is 9.47. The number of nitrogens with two attached hydrogens (primary N) is 1. The Morgan fingerprint density at radius 2 is 2.20 bits per heavy atom. The third-order valence-corrected chi connectivity index (χ3v) is 2.88. The van der Waals surface area contributed by atoms with Gasteiger partial charge in [-0.1, -0.05) is 13.0 Å². The first kappa shape index (κ1) is 15.9. The summed E-state index contributed by atoms with van der Waals surface area (Å²) in [5.74, 6) is -0.0802. The Hall–Kier alpha value is -2.15. The zero-order valence-corrected chi connectivity index (χ0v) is 11.8. The summed E-state index contributed by atoms with van der Waals surface area (Å²) in [4.78, 5) is 23.7. The molecule has 0 heterocycles. The fourth-order valence-corrected chi connectivity index (χ4v) is 1.92. The van der Waals surface area contributed by atoms with Crippen LogP contribution in [0.15, 0.2) is 18.2 Å². The van der Waals surface area contributed by atoms with Crippen LogP contribution in [0.1, 0.15) is 18.9 Å². The third kappa shape index (κ3) is 4.51. The molecule has 1 amide bonds. The Morgan fingerprint density at radius 1 is 1.50 bits per heavy atom. The van der Waals surface area contributed by atoms with Crippen molar-refractivity contribution in [2.75, 3.05) is 25.9 Å². The summed E-state index contributed by atoms with van der Waals surface area (Å²) < 4.78 is 0. The van der Waals surface area contributed by atoms with Crippen LogP contribution in [0.3, 0.4) is 0 Å². The number of anilines is 1. The zero-order valence-electron chi connectivity index (χ0n) is 11.8. The van der Waals surface area contributed by atoms with Gasteiger partial charge < -0.3 is 11.1 Å². The monoisotopic (exact) mass is 280 g/mol. The van der Waals surface area contributed by atoms with Gasteiger partial charge in [-0.3, -0.25) is 19.8 Å². The summed E-state index contributed by atoms with van der Waals surface area (Å²) in [6, 6.07) is 4.73. The van der Waals surface area contributed by atoms with Crippen LogP contribution in [0.2, 0.25) is 0 Å². The van der Waals surface area contributed by atoms with Crippen molar-refractivity contribution in [1.29, 1.82) is 0 Å². The van der Waals surface area contributed by atoms with Gasteiger partial charge in [-0.25, -0.2) is 0 Å². The lowest BCUT2D eigenvalue weighted by Gasteiger charge is -2.20. The molecule has 1 aromatic carbocycles. The lowest BCUT2D eigenvalue weighted by atomic mass is 10.1. The molecule has 0 radical (unpaired) electrons. The number of carbonyl (C=O) groups is 1. The molecular weight excluding hydrogens is 260 g/mol. The maximum absolute atomic E-state index is 11.4. The highest BCUT2D eigenvalue weighted by molar-refractivity contribution is 5.77. The van der Waals surface area contributed by atoms with E-state index in [1.165, 1.54) is 12.1 Å². The van der Waals surface area contributed by atoms with E-state index in [2.05, 4.69) is 5.32 Å². The average Bonchev–Trinajstić information content (AvgIpc) is 2.40. The van der Waals surface area contributed by atoms with E-state index < -0.39 is 4.92 Å². The molecule has 7 nitrogen and oxygen atoms in total. The number of nitrogens with one attached hydrogen (secondary N) is 1. The predicted molar refractivity (Wildman–Crippen MR) is 77.1 cm³/mol. The number of nitro benzene ring substituents is 1. The predicted octanol–water partition coefficient (Wildman–Crippen LogP) is 1.13. The molecule has 0 saturated heterocycles. The van der Waals surface area contributed by atoms with Crippen LogP contribution >= 0.6 is 0 Å². The molecule has 110 valence electrons. The molecule has 0 aliphatic rings. The maximum atomic E-state index is 11.4. The number of hydrogen-bond acceptors (Lipinski definition) is 5. The summed E-state index contributed by atoms with van der Waals surface area (Å²) in [5.41, 5.74) is 6.38. The Kier molecular flexibility index (Phi) is 5.92. The highest BCUT2D eigenvalue weighted by Crippen LogP contribution is 2.23. The minimum Gasteiger partial charge on any atom is -0.393 e. The van der Waals surface area contributed by atoms with E-state index in [4.69, 9.17) is 5.73 Å². The number of amides is 1. The SMILES string of the molecule is CCCN(CC(=O)NC)Cc1ccc(N)c([N+](=O)[O-])c1. The number of likely N-dealkylation sites (N-methyl/N-ethyl adjacent to an activating group) is 1. The van der Waals surface area contributed by atoms with Crippen molar-refractivity contribution >= 4 is 17.3 Å². The number of nitrogens with zero attached hydrogens (tertiary/aromatic N) is 2. The summed E-state index contributed by atoms with van der Waals surface area (Å²) in [6.45, 7) is 3.50. The van der Waals surface area contributed by atoms with Gasteiger partial charge in [0.15, 0.2) is 0 Å². The fourth-order valence-electron chi connectivity index (χ4n) is 1.92. The zero-order chi connectivity index (χ0) is 15.1. The molecule has 0 aliphatic heterocycles. The van der Waals surface area contributed by atoms with E-state index >= 15 is 0 Å². The Morgan fingerprint density at radius 3 is 2.75 bits per heavy atom. The lowest BCUT2D eigenvalue weighted by Crippen LogP contribution is -2.35. The van der Waals surface area contributed by atoms with Crippen molar-refractivity contribution in [3.8, 4) is 0 Å². The first-order valence-electron chi connectivity index (χ1n) is 6.43. The first-order valence-corrected chi connectivity index (χ1v) is 6.43. The number of carbonyl (C=O) groups excluding carboxylic acids is 1. The number of nitro groups is 1. The highest BCUT2D eigenvalue weighted by Gasteiger charge is 2.14. The van der Waals surface area contributed by atoms with Crippen LogP contribution in [0.25, 0.3) is 0 Å². The molecule has 0 saturated carbocycles. The van der Waals surface area contributed by atoms with E-state index in [1.807, 2.05) is 11.8 Å². The quantitative estimate of drug-likeness (QED) is 0.443. The van der Waals surface area contributed by atoms with Gasteiger partial charge in [-0.15, -0.1) is 0 Å². The minimum absolute atomic E-state index is 0.0802. The molecule has 1 aromatic rings. The molecular formula is C13H20N4O3. The second-order valence-electron chi connectivity index (χ2n) is 4.53. The van der Waals surface area contributed by atoms with E-state index in [0.29, 0.717) is 6.54 Å². The average molecular weight is 280 g/mol. The van der Waals surface area contributed by atoms with Gasteiger partial charge in [0.05, 0.1) is 11.5 Å².